The molecule has 0 aliphatic rings. The minimum absolute atomic E-state index is 0.361. The van der Waals surface area contributed by atoms with Crippen molar-refractivity contribution in [3.05, 3.63) is 23.8 Å². The Labute approximate surface area is 108 Å². The van der Waals surface area contributed by atoms with Crippen molar-refractivity contribution in [1.82, 2.24) is 4.72 Å². The third kappa shape index (κ3) is 4.01. The zero-order valence-electron chi connectivity index (χ0n) is 10.9. The van der Waals surface area contributed by atoms with Crippen molar-refractivity contribution in [2.45, 2.75) is 43.0 Å². The maximum Gasteiger partial charge on any atom is 0.242 e. The van der Waals surface area contributed by atoms with E-state index >= 15 is 0 Å². The van der Waals surface area contributed by atoms with Gasteiger partial charge in [0.25, 0.3) is 0 Å². The number of nitrogens with one attached hydrogen (secondary N) is 1. The van der Waals surface area contributed by atoms with Gasteiger partial charge < -0.3 is 0 Å². The summed E-state index contributed by atoms with van der Waals surface area (Å²) in [4.78, 5) is 1.13. The largest absolute Gasteiger partial charge is 0.242 e. The fourth-order valence-electron chi connectivity index (χ4n) is 1.45. The maximum absolute atomic E-state index is 12.3. The molecule has 0 spiro atoms. The molecule has 0 fully saturated rings. The van der Waals surface area contributed by atoms with Gasteiger partial charge in [0.15, 0.2) is 0 Å². The Balaban J connectivity index is 3.28. The van der Waals surface area contributed by atoms with E-state index < -0.39 is 15.6 Å². The minimum atomic E-state index is -3.45. The number of benzene rings is 1. The normalized spacial score (nSPS) is 12.8. The summed E-state index contributed by atoms with van der Waals surface area (Å²) in [6.45, 7) is 7.39. The van der Waals surface area contributed by atoms with E-state index in [4.69, 9.17) is 0 Å². The van der Waals surface area contributed by atoms with Crippen molar-refractivity contribution < 1.29 is 8.42 Å². The Kier molecular flexibility index (Phi) is 4.28. The number of rotatable bonds is 3. The van der Waals surface area contributed by atoms with Crippen LogP contribution < -0.4 is 4.72 Å². The summed E-state index contributed by atoms with van der Waals surface area (Å²) in [7, 11) is -3.45. The third-order valence-corrected chi connectivity index (χ3v) is 4.77. The summed E-state index contributed by atoms with van der Waals surface area (Å²) >= 11 is 1.44. The Morgan fingerprint density at radius 2 is 1.82 bits per heavy atom. The highest BCUT2D eigenvalue weighted by Crippen LogP contribution is 2.26. The summed E-state index contributed by atoms with van der Waals surface area (Å²) in [6.07, 6.45) is 1.88. The first kappa shape index (κ1) is 14.5. The number of aryl methyl sites for hydroxylation is 1. The molecule has 0 bridgehead atoms. The quantitative estimate of drug-likeness (QED) is 0.861. The van der Waals surface area contributed by atoms with Crippen LogP contribution in [-0.2, 0) is 10.0 Å². The minimum Gasteiger partial charge on any atom is -0.207 e. The van der Waals surface area contributed by atoms with Crippen molar-refractivity contribution in [2.24, 2.45) is 0 Å². The van der Waals surface area contributed by atoms with E-state index in [1.165, 1.54) is 11.8 Å². The summed E-state index contributed by atoms with van der Waals surface area (Å²) < 4.78 is 27.2. The second-order valence-electron chi connectivity index (χ2n) is 5.01. The van der Waals surface area contributed by atoms with Gasteiger partial charge in [0.05, 0.1) is 4.90 Å². The first-order valence-corrected chi connectivity index (χ1v) is 8.05. The SMILES string of the molecule is CSc1ccc(C)cc1S(=O)(=O)NC(C)(C)C. The molecule has 5 heteroatoms. The topological polar surface area (TPSA) is 46.2 Å². The van der Waals surface area contributed by atoms with Crippen molar-refractivity contribution in [2.75, 3.05) is 6.26 Å². The average Bonchev–Trinajstić information content (AvgIpc) is 2.14. The van der Waals surface area contributed by atoms with Crippen LogP contribution >= 0.6 is 11.8 Å². The lowest BCUT2D eigenvalue weighted by Crippen LogP contribution is -2.40. The molecule has 1 aromatic rings. The van der Waals surface area contributed by atoms with Crippen molar-refractivity contribution in [3.63, 3.8) is 0 Å². The predicted octanol–water partition coefficient (Wildman–Crippen LogP) is 2.79. The van der Waals surface area contributed by atoms with Crippen LogP contribution in [0.3, 0.4) is 0 Å². The molecule has 1 rings (SSSR count). The van der Waals surface area contributed by atoms with Gasteiger partial charge in [-0.2, -0.15) is 0 Å². The lowest BCUT2D eigenvalue weighted by molar-refractivity contribution is 0.490. The monoisotopic (exact) mass is 273 g/mol. The number of hydrogen-bond donors (Lipinski definition) is 1. The molecule has 1 N–H and O–H groups in total. The molecule has 17 heavy (non-hydrogen) atoms. The summed E-state index contributed by atoms with van der Waals surface area (Å²) in [5.41, 5.74) is 0.468. The maximum atomic E-state index is 12.3. The molecule has 0 amide bonds. The van der Waals surface area contributed by atoms with Gasteiger partial charge in [-0.15, -0.1) is 11.8 Å². The van der Waals surface area contributed by atoms with Crippen molar-refractivity contribution in [3.8, 4) is 0 Å². The van der Waals surface area contributed by atoms with E-state index in [9.17, 15) is 8.42 Å². The van der Waals surface area contributed by atoms with E-state index in [1.807, 2.05) is 46.1 Å². The highest BCUT2D eigenvalue weighted by Gasteiger charge is 2.24. The van der Waals surface area contributed by atoms with Crippen LogP contribution in [0.1, 0.15) is 26.3 Å². The van der Waals surface area contributed by atoms with Gasteiger partial charge in [0.1, 0.15) is 0 Å². The van der Waals surface area contributed by atoms with Crippen molar-refractivity contribution in [1.29, 1.82) is 0 Å². The Morgan fingerprint density at radius 3 is 2.29 bits per heavy atom. The fourth-order valence-corrected chi connectivity index (χ4v) is 4.09. The van der Waals surface area contributed by atoms with Gasteiger partial charge in [-0.05, 0) is 51.6 Å². The summed E-state index contributed by atoms with van der Waals surface area (Å²) in [6, 6.07) is 5.47. The van der Waals surface area contributed by atoms with Crippen LogP contribution in [0.5, 0.6) is 0 Å². The van der Waals surface area contributed by atoms with Gasteiger partial charge in [-0.3, -0.25) is 0 Å². The van der Waals surface area contributed by atoms with Gasteiger partial charge in [-0.1, -0.05) is 6.07 Å². The van der Waals surface area contributed by atoms with Crippen LogP contribution in [0.4, 0.5) is 0 Å². The molecule has 0 saturated heterocycles. The van der Waals surface area contributed by atoms with Gasteiger partial charge in [-0.25, -0.2) is 13.1 Å². The standard InChI is InChI=1S/C12H19NO2S2/c1-9-6-7-10(16-5)11(8-9)17(14,15)13-12(2,3)4/h6-8,13H,1-5H3. The molecule has 0 aliphatic heterocycles. The van der Waals surface area contributed by atoms with Crippen molar-refractivity contribution >= 4 is 21.8 Å². The summed E-state index contributed by atoms with van der Waals surface area (Å²) in [5, 5.41) is 0. The van der Waals surface area contributed by atoms with Crippen LogP contribution in [0.25, 0.3) is 0 Å². The zero-order valence-corrected chi connectivity index (χ0v) is 12.5. The molecule has 3 nitrogen and oxygen atoms in total. The molecule has 0 saturated carbocycles. The number of thioether (sulfide) groups is 1. The molecule has 0 aliphatic carbocycles. The van der Waals surface area contributed by atoms with Crippen LogP contribution in [0.15, 0.2) is 28.0 Å². The molecule has 0 aromatic heterocycles. The Bertz CT molecular complexity index is 502. The second-order valence-corrected chi connectivity index (χ2v) is 7.51. The lowest BCUT2D eigenvalue weighted by Gasteiger charge is -2.21. The lowest BCUT2D eigenvalue weighted by atomic mass is 10.1. The van der Waals surface area contributed by atoms with Gasteiger partial charge >= 0.3 is 0 Å². The van der Waals surface area contributed by atoms with E-state index in [0.717, 1.165) is 10.5 Å². The van der Waals surface area contributed by atoms with Crippen LogP contribution in [0.2, 0.25) is 0 Å². The predicted molar refractivity (Wildman–Crippen MR) is 73.0 cm³/mol. The highest BCUT2D eigenvalue weighted by molar-refractivity contribution is 7.99. The first-order chi connectivity index (χ1) is 7.65. The Hall–Kier alpha value is -0.520. The van der Waals surface area contributed by atoms with Gasteiger partial charge in [0.2, 0.25) is 10.0 Å². The average molecular weight is 273 g/mol. The van der Waals surface area contributed by atoms with Crippen LogP contribution in [-0.4, -0.2) is 20.2 Å². The van der Waals surface area contributed by atoms with E-state index in [2.05, 4.69) is 4.72 Å². The second kappa shape index (κ2) is 5.00. The molecule has 96 valence electrons. The molecule has 0 unspecified atom stereocenters. The third-order valence-electron chi connectivity index (χ3n) is 2.05. The first-order valence-electron chi connectivity index (χ1n) is 5.34. The van der Waals surface area contributed by atoms with E-state index in [0.29, 0.717) is 4.90 Å². The number of hydrogen-bond acceptors (Lipinski definition) is 3. The number of sulfonamides is 1. The fraction of sp³-hybridized carbons (Fsp3) is 0.500. The summed E-state index contributed by atoms with van der Waals surface area (Å²) in [5.74, 6) is 0. The molecule has 0 radical (unpaired) electrons. The Morgan fingerprint density at radius 1 is 1.24 bits per heavy atom. The zero-order chi connectivity index (χ0) is 13.3. The van der Waals surface area contributed by atoms with E-state index in [-0.39, 0.29) is 0 Å². The smallest absolute Gasteiger partial charge is 0.207 e. The van der Waals surface area contributed by atoms with E-state index in [1.54, 1.807) is 6.07 Å². The highest BCUT2D eigenvalue weighted by atomic mass is 32.2. The molecule has 0 atom stereocenters. The molecule has 1 aromatic carbocycles. The van der Waals surface area contributed by atoms with Crippen LogP contribution in [0, 0.1) is 6.92 Å². The van der Waals surface area contributed by atoms with Gasteiger partial charge in [0, 0.05) is 10.4 Å². The molecular weight excluding hydrogens is 254 g/mol. The molecule has 0 heterocycles. The molecular formula is C12H19NO2S2.